The van der Waals surface area contributed by atoms with Crippen LogP contribution in [0.4, 0.5) is 0 Å². The molecule has 0 saturated carbocycles. The van der Waals surface area contributed by atoms with E-state index in [1.165, 1.54) is 16.7 Å². The van der Waals surface area contributed by atoms with Crippen molar-refractivity contribution < 1.29 is 14.6 Å². The van der Waals surface area contributed by atoms with E-state index in [0.717, 1.165) is 18.0 Å². The normalized spacial score (nSPS) is 17.1. The number of carbonyl (C=O) groups is 1. The number of rotatable bonds is 7. The van der Waals surface area contributed by atoms with Crippen molar-refractivity contribution in [1.82, 2.24) is 25.1 Å². The number of ether oxygens (including phenoxy) is 1. The summed E-state index contributed by atoms with van der Waals surface area (Å²) in [6.45, 7) is 1.71. The van der Waals surface area contributed by atoms with E-state index in [9.17, 15) is 9.90 Å². The first-order valence-corrected chi connectivity index (χ1v) is 10.1. The number of halogens is 1. The van der Waals surface area contributed by atoms with E-state index in [2.05, 4.69) is 15.4 Å². The van der Waals surface area contributed by atoms with Gasteiger partial charge in [0, 0.05) is 29.6 Å². The van der Waals surface area contributed by atoms with E-state index in [0.29, 0.717) is 23.8 Å². The Hall–Kier alpha value is -2.97. The summed E-state index contributed by atoms with van der Waals surface area (Å²) in [4.78, 5) is 16.0. The Kier molecular flexibility index (Phi) is 6.25. The van der Waals surface area contributed by atoms with Crippen LogP contribution in [0.5, 0.6) is 5.75 Å². The molecule has 2 atom stereocenters. The van der Waals surface area contributed by atoms with Crippen molar-refractivity contribution in [2.24, 2.45) is 0 Å². The second-order valence-electron chi connectivity index (χ2n) is 7.27. The quantitative estimate of drug-likeness (QED) is 0.622. The predicted octanol–water partition coefficient (Wildman–Crippen LogP) is 2.40. The molecule has 0 spiro atoms. The van der Waals surface area contributed by atoms with Crippen molar-refractivity contribution in [3.8, 4) is 5.75 Å². The SMILES string of the molecule is O=C(c1ccc(OCC(O)Cn2ncnn2)cc1)N1CC[C@H](c2ccc(Cl)cc2)C1. The van der Waals surface area contributed by atoms with Crippen LogP contribution in [-0.2, 0) is 6.54 Å². The van der Waals surface area contributed by atoms with Crippen LogP contribution in [0.3, 0.4) is 0 Å². The van der Waals surface area contributed by atoms with Gasteiger partial charge in [0.15, 0.2) is 6.33 Å². The van der Waals surface area contributed by atoms with Gasteiger partial charge in [0.1, 0.15) is 18.5 Å². The molecule has 2 heterocycles. The van der Waals surface area contributed by atoms with Gasteiger partial charge in [-0.2, -0.15) is 4.80 Å². The molecule has 3 aromatic rings. The molecule has 1 amide bonds. The number of aromatic nitrogens is 4. The van der Waals surface area contributed by atoms with Gasteiger partial charge in [-0.25, -0.2) is 0 Å². The number of hydrogen-bond donors (Lipinski definition) is 1. The van der Waals surface area contributed by atoms with E-state index in [-0.39, 0.29) is 19.1 Å². The summed E-state index contributed by atoms with van der Waals surface area (Å²) >= 11 is 5.96. The van der Waals surface area contributed by atoms with E-state index < -0.39 is 6.10 Å². The number of amides is 1. The molecule has 9 heteroatoms. The second-order valence-corrected chi connectivity index (χ2v) is 7.70. The lowest BCUT2D eigenvalue weighted by Crippen LogP contribution is -2.28. The number of carbonyl (C=O) groups excluding carboxylic acids is 1. The lowest BCUT2D eigenvalue weighted by Gasteiger charge is -2.17. The molecule has 1 aromatic heterocycles. The van der Waals surface area contributed by atoms with Gasteiger partial charge < -0.3 is 14.7 Å². The molecule has 4 rings (SSSR count). The number of aliphatic hydroxyl groups is 1. The van der Waals surface area contributed by atoms with Crippen LogP contribution in [0.25, 0.3) is 0 Å². The Balaban J connectivity index is 1.29. The molecule has 0 radical (unpaired) electrons. The number of likely N-dealkylation sites (tertiary alicyclic amines) is 1. The topological polar surface area (TPSA) is 93.4 Å². The third-order valence-electron chi connectivity index (χ3n) is 5.13. The second kappa shape index (κ2) is 9.23. The van der Waals surface area contributed by atoms with Crippen molar-refractivity contribution in [3.63, 3.8) is 0 Å². The molecule has 1 aliphatic rings. The zero-order valence-electron chi connectivity index (χ0n) is 16.3. The maximum Gasteiger partial charge on any atom is 0.253 e. The molecule has 8 nitrogen and oxygen atoms in total. The maximum atomic E-state index is 12.8. The summed E-state index contributed by atoms with van der Waals surface area (Å²) in [7, 11) is 0. The van der Waals surface area contributed by atoms with Gasteiger partial charge >= 0.3 is 0 Å². The molecule has 1 aliphatic heterocycles. The lowest BCUT2D eigenvalue weighted by atomic mass is 9.99. The van der Waals surface area contributed by atoms with E-state index in [1.807, 2.05) is 29.2 Å². The van der Waals surface area contributed by atoms with Gasteiger partial charge in [-0.3, -0.25) is 4.79 Å². The summed E-state index contributed by atoms with van der Waals surface area (Å²) in [6, 6.07) is 14.8. The molecule has 1 N–H and O–H groups in total. The highest BCUT2D eigenvalue weighted by Gasteiger charge is 2.28. The summed E-state index contributed by atoms with van der Waals surface area (Å²) in [6.07, 6.45) is 1.48. The summed E-state index contributed by atoms with van der Waals surface area (Å²) in [5.41, 5.74) is 1.82. The van der Waals surface area contributed by atoms with Crippen molar-refractivity contribution in [2.75, 3.05) is 19.7 Å². The third-order valence-corrected chi connectivity index (χ3v) is 5.38. The number of nitrogens with zero attached hydrogens (tertiary/aromatic N) is 5. The Labute approximate surface area is 179 Å². The fraction of sp³-hybridized carbons (Fsp3) is 0.333. The molecular weight excluding hydrogens is 406 g/mol. The van der Waals surface area contributed by atoms with E-state index in [4.69, 9.17) is 16.3 Å². The first-order chi connectivity index (χ1) is 14.6. The predicted molar refractivity (Wildman–Crippen MR) is 110 cm³/mol. The van der Waals surface area contributed by atoms with Crippen molar-refractivity contribution in [1.29, 1.82) is 0 Å². The van der Waals surface area contributed by atoms with Gasteiger partial charge in [-0.1, -0.05) is 23.7 Å². The van der Waals surface area contributed by atoms with E-state index >= 15 is 0 Å². The van der Waals surface area contributed by atoms with Crippen LogP contribution in [0.2, 0.25) is 5.02 Å². The van der Waals surface area contributed by atoms with Crippen LogP contribution >= 0.6 is 11.6 Å². The van der Waals surface area contributed by atoms with Crippen LogP contribution in [0.1, 0.15) is 28.3 Å². The smallest absolute Gasteiger partial charge is 0.253 e. The molecule has 1 fully saturated rings. The van der Waals surface area contributed by atoms with E-state index in [1.54, 1.807) is 24.3 Å². The molecule has 1 saturated heterocycles. The molecule has 30 heavy (non-hydrogen) atoms. The van der Waals surface area contributed by atoms with Crippen molar-refractivity contribution in [3.05, 3.63) is 71.0 Å². The highest BCUT2D eigenvalue weighted by molar-refractivity contribution is 6.30. The number of hydrogen-bond acceptors (Lipinski definition) is 6. The highest BCUT2D eigenvalue weighted by atomic mass is 35.5. The van der Waals surface area contributed by atoms with Crippen molar-refractivity contribution in [2.45, 2.75) is 25.0 Å². The minimum absolute atomic E-state index is 0.00954. The average Bonchev–Trinajstić information content (AvgIpc) is 3.45. The Morgan fingerprint density at radius 2 is 1.97 bits per heavy atom. The number of benzene rings is 2. The first kappa shape index (κ1) is 20.3. The summed E-state index contributed by atoms with van der Waals surface area (Å²) in [5.74, 6) is 0.919. The zero-order valence-corrected chi connectivity index (χ0v) is 17.0. The van der Waals surface area contributed by atoms with Gasteiger partial charge in [0.25, 0.3) is 5.91 Å². The van der Waals surface area contributed by atoms with Gasteiger partial charge in [-0.15, -0.1) is 10.2 Å². The summed E-state index contributed by atoms with van der Waals surface area (Å²) in [5, 5.41) is 21.8. The lowest BCUT2D eigenvalue weighted by molar-refractivity contribution is 0.0788. The highest BCUT2D eigenvalue weighted by Crippen LogP contribution is 2.29. The van der Waals surface area contributed by atoms with Gasteiger partial charge in [-0.05, 0) is 53.6 Å². The van der Waals surface area contributed by atoms with Crippen LogP contribution < -0.4 is 4.74 Å². The average molecular weight is 428 g/mol. The molecule has 0 bridgehead atoms. The van der Waals surface area contributed by atoms with Gasteiger partial charge in [0.05, 0.1) is 6.54 Å². The van der Waals surface area contributed by atoms with Crippen molar-refractivity contribution >= 4 is 17.5 Å². The minimum atomic E-state index is -0.769. The Morgan fingerprint density at radius 3 is 2.67 bits per heavy atom. The Bertz CT molecular complexity index is 963. The van der Waals surface area contributed by atoms with Crippen LogP contribution in [-0.4, -0.2) is 61.9 Å². The fourth-order valence-corrected chi connectivity index (χ4v) is 3.66. The number of tetrazole rings is 1. The molecular formula is C21H22ClN5O3. The van der Waals surface area contributed by atoms with Crippen LogP contribution in [0, 0.1) is 0 Å². The maximum absolute atomic E-state index is 12.8. The van der Waals surface area contributed by atoms with Crippen LogP contribution in [0.15, 0.2) is 54.9 Å². The zero-order chi connectivity index (χ0) is 20.9. The fourth-order valence-electron chi connectivity index (χ4n) is 3.53. The standard InChI is InChI=1S/C21H22ClN5O3/c22-18-5-1-15(2-6-18)17-9-10-26(11-17)21(29)16-3-7-20(8-4-16)30-13-19(28)12-27-24-14-23-25-27/h1-8,14,17,19,28H,9-13H2/t17-,19?/m0/s1. The summed E-state index contributed by atoms with van der Waals surface area (Å²) < 4.78 is 5.59. The minimum Gasteiger partial charge on any atom is -0.491 e. The largest absolute Gasteiger partial charge is 0.491 e. The third kappa shape index (κ3) is 4.95. The molecule has 2 aromatic carbocycles. The Morgan fingerprint density at radius 1 is 1.20 bits per heavy atom. The van der Waals surface area contributed by atoms with Gasteiger partial charge in [0.2, 0.25) is 0 Å². The molecule has 0 aliphatic carbocycles. The molecule has 1 unspecified atom stereocenters. The molecule has 156 valence electrons. The number of aliphatic hydroxyl groups excluding tert-OH is 1. The monoisotopic (exact) mass is 427 g/mol. The first-order valence-electron chi connectivity index (χ1n) is 9.75.